The number of fused-ring (bicyclic) bond motifs is 5. The first-order chi connectivity index (χ1) is 8.63. The first-order valence-corrected chi connectivity index (χ1v) is 8.62. The molecule has 0 saturated heterocycles. The van der Waals surface area contributed by atoms with Gasteiger partial charge in [0.05, 0.1) is 0 Å². The second-order valence-electron chi connectivity index (χ2n) is 6.85. The van der Waals surface area contributed by atoms with Crippen LogP contribution in [0.25, 0.3) is 0 Å². The topological polar surface area (TPSA) is 29.1 Å². The molecule has 3 saturated carbocycles. The van der Waals surface area contributed by atoms with Crippen LogP contribution in [0.1, 0.15) is 39.5 Å². The van der Waals surface area contributed by atoms with Crippen molar-refractivity contribution >= 4 is 21.8 Å². The molecule has 0 aromatic rings. The number of carbonyl (C=O) groups is 1. The molecule has 0 heterocycles. The van der Waals surface area contributed by atoms with E-state index in [0.717, 1.165) is 35.4 Å². The van der Waals surface area contributed by atoms with Crippen LogP contribution in [0.4, 0.5) is 0 Å². The largest absolute Gasteiger partial charge is 0.353 e. The molecule has 1 amide bonds. The molecule has 3 aliphatic carbocycles. The van der Waals surface area contributed by atoms with Crippen molar-refractivity contribution in [2.24, 2.45) is 35.5 Å². The number of hydrogen-bond acceptors (Lipinski definition) is 1. The van der Waals surface area contributed by atoms with Crippen LogP contribution in [-0.4, -0.2) is 17.3 Å². The van der Waals surface area contributed by atoms with Crippen molar-refractivity contribution in [3.63, 3.8) is 0 Å². The predicted octanol–water partition coefficient (Wildman–Crippen LogP) is 3.20. The molecule has 3 aliphatic rings. The molecule has 18 heavy (non-hydrogen) atoms. The molecular weight excluding hydrogens is 290 g/mol. The summed E-state index contributed by atoms with van der Waals surface area (Å²) in [6, 6.07) is 0.343. The van der Waals surface area contributed by atoms with Crippen LogP contribution >= 0.6 is 15.9 Å². The molecular formula is C15H24BrNO. The average Bonchev–Trinajstić information content (AvgIpc) is 2.78. The highest BCUT2D eigenvalue weighted by Crippen LogP contribution is 2.69. The SMILES string of the molecule is CC(C)C(CCBr)NC(=O)C1C2C3CCC(C3)C12. The van der Waals surface area contributed by atoms with E-state index in [-0.39, 0.29) is 0 Å². The minimum atomic E-state index is 0.343. The lowest BCUT2D eigenvalue weighted by molar-refractivity contribution is -0.124. The molecule has 0 spiro atoms. The van der Waals surface area contributed by atoms with Gasteiger partial charge >= 0.3 is 0 Å². The van der Waals surface area contributed by atoms with Gasteiger partial charge in [-0.3, -0.25) is 4.79 Å². The Morgan fingerprint density at radius 2 is 1.89 bits per heavy atom. The number of halogens is 1. The van der Waals surface area contributed by atoms with Crippen LogP contribution in [0.15, 0.2) is 0 Å². The predicted molar refractivity (Wildman–Crippen MR) is 76.5 cm³/mol. The van der Waals surface area contributed by atoms with Gasteiger partial charge in [0.1, 0.15) is 0 Å². The maximum atomic E-state index is 12.4. The second kappa shape index (κ2) is 4.81. The fourth-order valence-corrected chi connectivity index (χ4v) is 5.14. The molecule has 2 nitrogen and oxygen atoms in total. The molecule has 5 atom stereocenters. The summed E-state index contributed by atoms with van der Waals surface area (Å²) in [5.74, 6) is 4.59. The molecule has 2 bridgehead atoms. The molecule has 0 aromatic heterocycles. The maximum Gasteiger partial charge on any atom is 0.223 e. The number of nitrogens with one attached hydrogen (secondary N) is 1. The Morgan fingerprint density at radius 3 is 2.39 bits per heavy atom. The van der Waals surface area contributed by atoms with Crippen molar-refractivity contribution in [3.05, 3.63) is 0 Å². The van der Waals surface area contributed by atoms with Gasteiger partial charge in [-0.05, 0) is 55.3 Å². The smallest absolute Gasteiger partial charge is 0.223 e. The number of carbonyl (C=O) groups excluding carboxylic acids is 1. The second-order valence-corrected chi connectivity index (χ2v) is 7.64. The highest BCUT2D eigenvalue weighted by atomic mass is 79.9. The Morgan fingerprint density at radius 1 is 1.28 bits per heavy atom. The molecule has 3 rings (SSSR count). The molecule has 0 radical (unpaired) electrons. The highest BCUT2D eigenvalue weighted by Gasteiger charge is 2.67. The maximum absolute atomic E-state index is 12.4. The lowest BCUT2D eigenvalue weighted by Gasteiger charge is -2.22. The molecule has 1 N–H and O–H groups in total. The Bertz CT molecular complexity index is 327. The van der Waals surface area contributed by atoms with E-state index in [9.17, 15) is 4.79 Å². The van der Waals surface area contributed by atoms with E-state index >= 15 is 0 Å². The van der Waals surface area contributed by atoms with Crippen LogP contribution in [0.5, 0.6) is 0 Å². The average molecular weight is 314 g/mol. The summed E-state index contributed by atoms with van der Waals surface area (Å²) in [5.41, 5.74) is 0. The lowest BCUT2D eigenvalue weighted by atomic mass is 9.99. The first-order valence-electron chi connectivity index (χ1n) is 7.49. The summed E-state index contributed by atoms with van der Waals surface area (Å²) >= 11 is 3.49. The van der Waals surface area contributed by atoms with Crippen LogP contribution in [0.3, 0.4) is 0 Å². The van der Waals surface area contributed by atoms with Gasteiger partial charge in [0.2, 0.25) is 5.91 Å². The Hall–Kier alpha value is -0.0500. The van der Waals surface area contributed by atoms with E-state index in [1.165, 1.54) is 19.3 Å². The van der Waals surface area contributed by atoms with E-state index in [4.69, 9.17) is 0 Å². The van der Waals surface area contributed by atoms with Gasteiger partial charge in [0, 0.05) is 17.3 Å². The Kier molecular flexibility index (Phi) is 3.46. The van der Waals surface area contributed by atoms with E-state index in [1.807, 2.05) is 0 Å². The summed E-state index contributed by atoms with van der Waals surface area (Å²) in [6.45, 7) is 4.40. The van der Waals surface area contributed by atoms with Gasteiger partial charge in [0.25, 0.3) is 0 Å². The Balaban J connectivity index is 1.57. The highest BCUT2D eigenvalue weighted by molar-refractivity contribution is 9.09. The first kappa shape index (κ1) is 13.0. The fraction of sp³-hybridized carbons (Fsp3) is 0.933. The van der Waals surface area contributed by atoms with Gasteiger partial charge in [-0.15, -0.1) is 0 Å². The summed E-state index contributed by atoms with van der Waals surface area (Å²) in [4.78, 5) is 12.4. The standard InChI is InChI=1S/C15H24BrNO/c1-8(2)11(5-6-16)17-15(18)14-12-9-3-4-10(7-9)13(12)14/h8-14H,3-7H2,1-2H3,(H,17,18). The summed E-state index contributed by atoms with van der Waals surface area (Å²) in [6.07, 6.45) is 5.25. The van der Waals surface area contributed by atoms with E-state index in [1.54, 1.807) is 0 Å². The van der Waals surface area contributed by atoms with E-state index < -0.39 is 0 Å². The van der Waals surface area contributed by atoms with Crippen LogP contribution in [0.2, 0.25) is 0 Å². The molecule has 0 aliphatic heterocycles. The summed E-state index contributed by atoms with van der Waals surface area (Å²) in [7, 11) is 0. The Labute approximate surface area is 118 Å². The van der Waals surface area contributed by atoms with Crippen LogP contribution in [0, 0.1) is 35.5 Å². The quantitative estimate of drug-likeness (QED) is 0.776. The van der Waals surface area contributed by atoms with Gasteiger partial charge in [-0.2, -0.15) is 0 Å². The van der Waals surface area contributed by atoms with Crippen molar-refractivity contribution < 1.29 is 4.79 Å². The number of alkyl halides is 1. The van der Waals surface area contributed by atoms with Crippen molar-refractivity contribution in [1.82, 2.24) is 5.32 Å². The van der Waals surface area contributed by atoms with Crippen molar-refractivity contribution in [2.75, 3.05) is 5.33 Å². The molecule has 102 valence electrons. The number of hydrogen-bond donors (Lipinski definition) is 1. The third-order valence-corrected chi connectivity index (χ3v) is 6.05. The molecule has 3 heteroatoms. The van der Waals surface area contributed by atoms with Crippen LogP contribution in [-0.2, 0) is 4.79 Å². The third kappa shape index (κ3) is 2.03. The normalized spacial score (nSPS) is 41.9. The zero-order chi connectivity index (χ0) is 12.9. The zero-order valence-corrected chi connectivity index (χ0v) is 12.9. The van der Waals surface area contributed by atoms with Crippen molar-refractivity contribution in [1.29, 1.82) is 0 Å². The van der Waals surface area contributed by atoms with Gasteiger partial charge < -0.3 is 5.32 Å². The molecule has 5 unspecified atom stereocenters. The molecule has 0 aromatic carbocycles. The van der Waals surface area contributed by atoms with E-state index in [0.29, 0.717) is 23.8 Å². The van der Waals surface area contributed by atoms with Gasteiger partial charge in [-0.1, -0.05) is 29.8 Å². The zero-order valence-electron chi connectivity index (χ0n) is 11.4. The van der Waals surface area contributed by atoms with Crippen molar-refractivity contribution in [3.8, 4) is 0 Å². The summed E-state index contributed by atoms with van der Waals surface area (Å²) < 4.78 is 0. The molecule has 3 fully saturated rings. The summed E-state index contributed by atoms with van der Waals surface area (Å²) in [5, 5.41) is 4.28. The monoisotopic (exact) mass is 313 g/mol. The fourth-order valence-electron chi connectivity index (χ4n) is 4.64. The number of amides is 1. The third-order valence-electron chi connectivity index (χ3n) is 5.59. The van der Waals surface area contributed by atoms with Gasteiger partial charge in [-0.25, -0.2) is 0 Å². The van der Waals surface area contributed by atoms with Gasteiger partial charge in [0.15, 0.2) is 0 Å². The van der Waals surface area contributed by atoms with Crippen molar-refractivity contribution in [2.45, 2.75) is 45.6 Å². The van der Waals surface area contributed by atoms with Crippen LogP contribution < -0.4 is 5.32 Å². The minimum absolute atomic E-state index is 0.343. The lowest BCUT2D eigenvalue weighted by Crippen LogP contribution is -2.40. The minimum Gasteiger partial charge on any atom is -0.353 e. The number of rotatable bonds is 5. The van der Waals surface area contributed by atoms with E-state index in [2.05, 4.69) is 35.1 Å².